The SMILES string of the molecule is CCCOc1ccc(S(=O)(=O)NCC2CCN(c3ncccn3)CC2)cc1C. The average Bonchev–Trinajstić information content (AvgIpc) is 2.72. The van der Waals surface area contributed by atoms with Crippen LogP contribution in [0.15, 0.2) is 41.6 Å². The van der Waals surface area contributed by atoms with E-state index in [0.717, 1.165) is 49.6 Å². The molecule has 0 saturated carbocycles. The van der Waals surface area contributed by atoms with Crippen molar-refractivity contribution in [1.29, 1.82) is 0 Å². The molecule has 1 aliphatic heterocycles. The maximum atomic E-state index is 12.7. The van der Waals surface area contributed by atoms with Gasteiger partial charge in [0, 0.05) is 32.0 Å². The summed E-state index contributed by atoms with van der Waals surface area (Å²) in [6, 6.07) is 6.81. The Morgan fingerprint density at radius 2 is 1.93 bits per heavy atom. The predicted molar refractivity (Wildman–Crippen MR) is 109 cm³/mol. The minimum Gasteiger partial charge on any atom is -0.493 e. The van der Waals surface area contributed by atoms with E-state index in [1.54, 1.807) is 36.7 Å². The van der Waals surface area contributed by atoms with E-state index < -0.39 is 10.0 Å². The molecule has 1 aliphatic rings. The lowest BCUT2D eigenvalue weighted by Gasteiger charge is -2.31. The summed E-state index contributed by atoms with van der Waals surface area (Å²) in [6.45, 7) is 6.63. The number of ether oxygens (including phenoxy) is 1. The molecule has 0 amide bonds. The number of hydrogen-bond acceptors (Lipinski definition) is 6. The van der Waals surface area contributed by atoms with Gasteiger partial charge in [-0.3, -0.25) is 0 Å². The second-order valence-corrected chi connectivity index (χ2v) is 8.87. The van der Waals surface area contributed by atoms with Crippen LogP contribution in [0.4, 0.5) is 5.95 Å². The van der Waals surface area contributed by atoms with Crippen molar-refractivity contribution in [2.75, 3.05) is 31.1 Å². The third-order valence-electron chi connectivity index (χ3n) is 4.93. The zero-order valence-corrected chi connectivity index (χ0v) is 17.3. The van der Waals surface area contributed by atoms with Crippen molar-refractivity contribution in [2.24, 2.45) is 5.92 Å². The van der Waals surface area contributed by atoms with Crippen LogP contribution in [0.1, 0.15) is 31.7 Å². The standard InChI is InChI=1S/C20H28N4O3S/c1-3-13-27-19-6-5-18(14-16(19)2)28(25,26)23-15-17-7-11-24(12-8-17)20-21-9-4-10-22-20/h4-6,9-10,14,17,23H,3,7-8,11-13,15H2,1-2H3. The zero-order valence-electron chi connectivity index (χ0n) is 16.5. The Labute approximate surface area is 167 Å². The number of anilines is 1. The Hall–Kier alpha value is -2.19. The molecule has 3 rings (SSSR count). The molecule has 8 heteroatoms. The van der Waals surface area contributed by atoms with E-state index in [1.807, 2.05) is 13.8 Å². The van der Waals surface area contributed by atoms with Crippen molar-refractivity contribution in [3.05, 3.63) is 42.2 Å². The molecule has 7 nitrogen and oxygen atoms in total. The van der Waals surface area contributed by atoms with Crippen LogP contribution in [0.2, 0.25) is 0 Å². The molecule has 0 radical (unpaired) electrons. The Bertz CT molecular complexity index is 866. The van der Waals surface area contributed by atoms with Gasteiger partial charge in [0.15, 0.2) is 0 Å². The second-order valence-electron chi connectivity index (χ2n) is 7.11. The molecule has 28 heavy (non-hydrogen) atoms. The molecule has 0 spiro atoms. The van der Waals surface area contributed by atoms with Crippen molar-refractivity contribution in [1.82, 2.24) is 14.7 Å². The first-order valence-corrected chi connectivity index (χ1v) is 11.2. The van der Waals surface area contributed by atoms with Crippen LogP contribution in [-0.2, 0) is 10.0 Å². The van der Waals surface area contributed by atoms with Crippen molar-refractivity contribution >= 4 is 16.0 Å². The van der Waals surface area contributed by atoms with Gasteiger partial charge in [-0.2, -0.15) is 0 Å². The van der Waals surface area contributed by atoms with Crippen LogP contribution >= 0.6 is 0 Å². The Morgan fingerprint density at radius 1 is 1.21 bits per heavy atom. The summed E-state index contributed by atoms with van der Waals surface area (Å²) >= 11 is 0. The molecule has 152 valence electrons. The molecule has 0 aliphatic carbocycles. The zero-order chi connectivity index (χ0) is 20.0. The number of benzene rings is 1. The minimum absolute atomic E-state index is 0.281. The molecule has 2 aromatic rings. The summed E-state index contributed by atoms with van der Waals surface area (Å²) in [6.07, 6.45) is 6.20. The lowest BCUT2D eigenvalue weighted by molar-refractivity contribution is 0.315. The quantitative estimate of drug-likeness (QED) is 0.728. The number of aromatic nitrogens is 2. The Balaban J connectivity index is 1.53. The molecule has 0 atom stereocenters. The number of hydrogen-bond donors (Lipinski definition) is 1. The van der Waals surface area contributed by atoms with Gasteiger partial charge in [-0.1, -0.05) is 6.92 Å². The Kier molecular flexibility index (Phi) is 6.85. The largest absolute Gasteiger partial charge is 0.493 e. The molecule has 1 aromatic heterocycles. The summed E-state index contributed by atoms with van der Waals surface area (Å²) in [7, 11) is -3.53. The van der Waals surface area contributed by atoms with Gasteiger partial charge >= 0.3 is 0 Å². The van der Waals surface area contributed by atoms with Crippen LogP contribution in [0.5, 0.6) is 5.75 Å². The molecular weight excluding hydrogens is 376 g/mol. The van der Waals surface area contributed by atoms with E-state index in [9.17, 15) is 8.42 Å². The van der Waals surface area contributed by atoms with Crippen molar-refractivity contribution in [3.63, 3.8) is 0 Å². The summed E-state index contributed by atoms with van der Waals surface area (Å²) in [5.74, 6) is 1.78. The van der Waals surface area contributed by atoms with E-state index in [4.69, 9.17) is 4.74 Å². The third kappa shape index (κ3) is 5.20. The van der Waals surface area contributed by atoms with Gasteiger partial charge in [0.05, 0.1) is 11.5 Å². The topological polar surface area (TPSA) is 84.4 Å². The molecular formula is C20H28N4O3S. The highest BCUT2D eigenvalue weighted by Crippen LogP contribution is 2.23. The summed E-state index contributed by atoms with van der Waals surface area (Å²) < 4.78 is 33.7. The van der Waals surface area contributed by atoms with Crippen molar-refractivity contribution in [2.45, 2.75) is 38.0 Å². The smallest absolute Gasteiger partial charge is 0.240 e. The maximum Gasteiger partial charge on any atom is 0.240 e. The molecule has 1 fully saturated rings. The van der Waals surface area contributed by atoms with E-state index in [2.05, 4.69) is 19.6 Å². The minimum atomic E-state index is -3.53. The number of piperidine rings is 1. The molecule has 1 saturated heterocycles. The number of nitrogens with zero attached hydrogens (tertiary/aromatic N) is 3. The van der Waals surface area contributed by atoms with Crippen LogP contribution in [-0.4, -0.2) is 44.6 Å². The fraction of sp³-hybridized carbons (Fsp3) is 0.500. The first-order chi connectivity index (χ1) is 13.5. The fourth-order valence-corrected chi connectivity index (χ4v) is 4.47. The normalized spacial score (nSPS) is 15.6. The van der Waals surface area contributed by atoms with E-state index >= 15 is 0 Å². The summed E-state index contributed by atoms with van der Waals surface area (Å²) in [5, 5.41) is 0. The van der Waals surface area contributed by atoms with E-state index in [1.165, 1.54) is 0 Å². The third-order valence-corrected chi connectivity index (χ3v) is 6.35. The van der Waals surface area contributed by atoms with Crippen molar-refractivity contribution in [3.8, 4) is 5.75 Å². The summed E-state index contributed by atoms with van der Waals surface area (Å²) in [4.78, 5) is 11.0. The highest BCUT2D eigenvalue weighted by Gasteiger charge is 2.23. The molecule has 2 heterocycles. The van der Waals surface area contributed by atoms with Gasteiger partial charge < -0.3 is 9.64 Å². The van der Waals surface area contributed by atoms with Gasteiger partial charge in [0.2, 0.25) is 16.0 Å². The Morgan fingerprint density at radius 3 is 2.57 bits per heavy atom. The fourth-order valence-electron chi connectivity index (χ4n) is 3.27. The second kappa shape index (κ2) is 9.34. The number of aryl methyl sites for hydroxylation is 1. The average molecular weight is 405 g/mol. The highest BCUT2D eigenvalue weighted by atomic mass is 32.2. The maximum absolute atomic E-state index is 12.7. The highest BCUT2D eigenvalue weighted by molar-refractivity contribution is 7.89. The monoisotopic (exact) mass is 404 g/mol. The predicted octanol–water partition coefficient (Wildman–Crippen LogP) is 2.77. The number of sulfonamides is 1. The van der Waals surface area contributed by atoms with Crippen LogP contribution in [0.3, 0.4) is 0 Å². The van der Waals surface area contributed by atoms with Gasteiger partial charge in [-0.05, 0) is 61.9 Å². The number of nitrogens with one attached hydrogen (secondary N) is 1. The van der Waals surface area contributed by atoms with Crippen LogP contribution in [0, 0.1) is 12.8 Å². The van der Waals surface area contributed by atoms with Gasteiger partial charge in [0.25, 0.3) is 0 Å². The van der Waals surface area contributed by atoms with E-state index in [0.29, 0.717) is 19.1 Å². The van der Waals surface area contributed by atoms with Gasteiger partial charge in [0.1, 0.15) is 5.75 Å². The van der Waals surface area contributed by atoms with E-state index in [-0.39, 0.29) is 4.90 Å². The molecule has 1 aromatic carbocycles. The lowest BCUT2D eigenvalue weighted by atomic mass is 9.97. The molecule has 0 unspecified atom stereocenters. The molecule has 1 N–H and O–H groups in total. The first kappa shape index (κ1) is 20.5. The van der Waals surface area contributed by atoms with Crippen LogP contribution < -0.4 is 14.4 Å². The number of rotatable bonds is 8. The van der Waals surface area contributed by atoms with Gasteiger partial charge in [-0.25, -0.2) is 23.1 Å². The van der Waals surface area contributed by atoms with Crippen molar-refractivity contribution < 1.29 is 13.2 Å². The lowest BCUT2D eigenvalue weighted by Crippen LogP contribution is -2.39. The van der Waals surface area contributed by atoms with Crippen LogP contribution in [0.25, 0.3) is 0 Å². The molecule has 0 bridgehead atoms. The summed E-state index contributed by atoms with van der Waals surface area (Å²) in [5.41, 5.74) is 0.826. The first-order valence-electron chi connectivity index (χ1n) is 9.74. The van der Waals surface area contributed by atoms with Gasteiger partial charge in [-0.15, -0.1) is 0 Å².